The van der Waals surface area contributed by atoms with Gasteiger partial charge in [-0.25, -0.2) is 0 Å². The Labute approximate surface area is 142 Å². The monoisotopic (exact) mass is 319 g/mol. The second kappa shape index (κ2) is 7.55. The minimum Gasteiger partial charge on any atom is -0.365 e. The molecule has 0 unspecified atom stereocenters. The van der Waals surface area contributed by atoms with Crippen LogP contribution in [-0.4, -0.2) is 15.2 Å². The quantitative estimate of drug-likeness (QED) is 0.725. The van der Waals surface area contributed by atoms with Crippen molar-refractivity contribution in [3.8, 4) is 0 Å². The van der Waals surface area contributed by atoms with Crippen LogP contribution in [0.3, 0.4) is 0 Å². The van der Waals surface area contributed by atoms with Gasteiger partial charge in [0.2, 0.25) is 5.95 Å². The molecule has 0 saturated carbocycles. The molecule has 5 heteroatoms. The van der Waals surface area contributed by atoms with E-state index in [9.17, 15) is 0 Å². The van der Waals surface area contributed by atoms with E-state index in [1.165, 1.54) is 22.3 Å². The molecule has 2 aromatic carbocycles. The largest absolute Gasteiger partial charge is 0.365 e. The SMILES string of the molecule is Cc1ccc(CNc2cnnc(NCc3cccc(C)c3)n2)cc1. The topological polar surface area (TPSA) is 62.7 Å². The van der Waals surface area contributed by atoms with E-state index in [1.54, 1.807) is 6.20 Å². The van der Waals surface area contributed by atoms with Crippen molar-refractivity contribution in [2.75, 3.05) is 10.6 Å². The van der Waals surface area contributed by atoms with E-state index in [-0.39, 0.29) is 0 Å². The summed E-state index contributed by atoms with van der Waals surface area (Å²) in [5.74, 6) is 1.22. The zero-order valence-electron chi connectivity index (χ0n) is 14.0. The summed E-state index contributed by atoms with van der Waals surface area (Å²) in [5.41, 5.74) is 4.89. The highest BCUT2D eigenvalue weighted by Crippen LogP contribution is 2.10. The highest BCUT2D eigenvalue weighted by molar-refractivity contribution is 5.38. The van der Waals surface area contributed by atoms with Gasteiger partial charge in [0.05, 0.1) is 6.20 Å². The fourth-order valence-corrected chi connectivity index (χ4v) is 2.37. The van der Waals surface area contributed by atoms with Gasteiger partial charge in [-0.15, -0.1) is 5.10 Å². The van der Waals surface area contributed by atoms with Crippen LogP contribution in [0.1, 0.15) is 22.3 Å². The number of rotatable bonds is 6. The summed E-state index contributed by atoms with van der Waals surface area (Å²) in [7, 11) is 0. The third-order valence-electron chi connectivity index (χ3n) is 3.69. The highest BCUT2D eigenvalue weighted by atomic mass is 15.3. The molecule has 1 aromatic heterocycles. The molecule has 2 N–H and O–H groups in total. The van der Waals surface area contributed by atoms with Gasteiger partial charge in [-0.1, -0.05) is 59.7 Å². The Kier molecular flexibility index (Phi) is 5.01. The predicted molar refractivity (Wildman–Crippen MR) is 96.8 cm³/mol. The Balaban J connectivity index is 1.58. The zero-order chi connectivity index (χ0) is 16.8. The number of nitrogens with zero attached hydrogens (tertiary/aromatic N) is 3. The van der Waals surface area contributed by atoms with Crippen molar-refractivity contribution in [2.24, 2.45) is 0 Å². The van der Waals surface area contributed by atoms with Gasteiger partial charge in [0.15, 0.2) is 5.82 Å². The number of aromatic nitrogens is 3. The molecule has 0 amide bonds. The van der Waals surface area contributed by atoms with Gasteiger partial charge in [0, 0.05) is 13.1 Å². The van der Waals surface area contributed by atoms with Crippen LogP contribution in [0.4, 0.5) is 11.8 Å². The average Bonchev–Trinajstić information content (AvgIpc) is 2.60. The molecule has 0 aliphatic heterocycles. The summed E-state index contributed by atoms with van der Waals surface area (Å²) < 4.78 is 0. The predicted octanol–water partition coefficient (Wildman–Crippen LogP) is 3.71. The summed E-state index contributed by atoms with van der Waals surface area (Å²) in [4.78, 5) is 4.45. The molecule has 5 nitrogen and oxygen atoms in total. The molecular formula is C19H21N5. The Hall–Kier alpha value is -2.95. The van der Waals surface area contributed by atoms with Crippen molar-refractivity contribution in [2.45, 2.75) is 26.9 Å². The maximum Gasteiger partial charge on any atom is 0.244 e. The van der Waals surface area contributed by atoms with Crippen molar-refractivity contribution in [1.82, 2.24) is 15.2 Å². The minimum atomic E-state index is 0.519. The molecule has 1 heterocycles. The van der Waals surface area contributed by atoms with E-state index in [1.807, 2.05) is 6.07 Å². The molecule has 3 aromatic rings. The van der Waals surface area contributed by atoms with Crippen LogP contribution in [-0.2, 0) is 13.1 Å². The van der Waals surface area contributed by atoms with Crippen LogP contribution in [0.15, 0.2) is 54.7 Å². The van der Waals surface area contributed by atoms with Crippen LogP contribution in [0, 0.1) is 13.8 Å². The second-order valence-electron chi connectivity index (χ2n) is 5.85. The van der Waals surface area contributed by atoms with Gasteiger partial charge < -0.3 is 10.6 Å². The number of aryl methyl sites for hydroxylation is 2. The first-order valence-corrected chi connectivity index (χ1v) is 7.97. The lowest BCUT2D eigenvalue weighted by Gasteiger charge is -2.08. The first kappa shape index (κ1) is 15.9. The number of nitrogens with one attached hydrogen (secondary N) is 2. The summed E-state index contributed by atoms with van der Waals surface area (Å²) in [6.07, 6.45) is 1.63. The third-order valence-corrected chi connectivity index (χ3v) is 3.69. The van der Waals surface area contributed by atoms with Crippen molar-refractivity contribution in [3.05, 3.63) is 77.0 Å². The molecule has 0 bridgehead atoms. The molecule has 3 rings (SSSR count). The molecule has 0 fully saturated rings. The van der Waals surface area contributed by atoms with Gasteiger partial charge >= 0.3 is 0 Å². The molecule has 0 aliphatic carbocycles. The van der Waals surface area contributed by atoms with Crippen molar-refractivity contribution in [1.29, 1.82) is 0 Å². The Bertz CT molecular complexity index is 799. The van der Waals surface area contributed by atoms with Gasteiger partial charge in [0.1, 0.15) is 0 Å². The summed E-state index contributed by atoms with van der Waals surface area (Å²) >= 11 is 0. The van der Waals surface area contributed by atoms with Gasteiger partial charge in [-0.2, -0.15) is 10.1 Å². The Morgan fingerprint density at radius 1 is 0.833 bits per heavy atom. The summed E-state index contributed by atoms with van der Waals surface area (Å²) in [6.45, 7) is 5.54. The van der Waals surface area contributed by atoms with Crippen LogP contribution >= 0.6 is 0 Å². The zero-order valence-corrected chi connectivity index (χ0v) is 14.0. The van der Waals surface area contributed by atoms with E-state index in [0.717, 1.165) is 0 Å². The normalized spacial score (nSPS) is 10.4. The lowest BCUT2D eigenvalue weighted by Crippen LogP contribution is -2.08. The van der Waals surface area contributed by atoms with Crippen LogP contribution in [0.5, 0.6) is 0 Å². The van der Waals surface area contributed by atoms with Crippen LogP contribution in [0.2, 0.25) is 0 Å². The van der Waals surface area contributed by atoms with E-state index in [2.05, 4.69) is 82.1 Å². The van der Waals surface area contributed by atoms with Crippen molar-refractivity contribution < 1.29 is 0 Å². The maximum atomic E-state index is 4.45. The Morgan fingerprint density at radius 3 is 2.42 bits per heavy atom. The fourth-order valence-electron chi connectivity index (χ4n) is 2.37. The lowest BCUT2D eigenvalue weighted by molar-refractivity contribution is 0.937. The van der Waals surface area contributed by atoms with Crippen LogP contribution < -0.4 is 10.6 Å². The van der Waals surface area contributed by atoms with E-state index in [4.69, 9.17) is 0 Å². The molecule has 24 heavy (non-hydrogen) atoms. The van der Waals surface area contributed by atoms with Gasteiger partial charge in [-0.05, 0) is 25.0 Å². The molecule has 0 atom stereocenters. The van der Waals surface area contributed by atoms with E-state index in [0.29, 0.717) is 24.9 Å². The number of benzene rings is 2. The molecule has 0 spiro atoms. The van der Waals surface area contributed by atoms with Crippen LogP contribution in [0.25, 0.3) is 0 Å². The number of hydrogen-bond donors (Lipinski definition) is 2. The second-order valence-corrected chi connectivity index (χ2v) is 5.85. The number of hydrogen-bond acceptors (Lipinski definition) is 5. The average molecular weight is 319 g/mol. The van der Waals surface area contributed by atoms with E-state index < -0.39 is 0 Å². The molecule has 0 radical (unpaired) electrons. The summed E-state index contributed by atoms with van der Waals surface area (Å²) in [5, 5.41) is 14.5. The van der Waals surface area contributed by atoms with Gasteiger partial charge in [-0.3, -0.25) is 0 Å². The van der Waals surface area contributed by atoms with Crippen molar-refractivity contribution >= 4 is 11.8 Å². The summed E-state index contributed by atoms with van der Waals surface area (Å²) in [6, 6.07) is 16.8. The standard InChI is InChI=1S/C19H21N5/c1-14-6-8-16(9-7-14)11-20-18-13-22-24-19(23-18)21-12-17-5-3-4-15(2)10-17/h3-10,13H,11-12H2,1-2H3,(H2,20,21,23,24). The van der Waals surface area contributed by atoms with E-state index >= 15 is 0 Å². The third kappa shape index (κ3) is 4.52. The maximum absolute atomic E-state index is 4.45. The van der Waals surface area contributed by atoms with Gasteiger partial charge in [0.25, 0.3) is 0 Å². The first-order chi connectivity index (χ1) is 11.7. The molecule has 0 saturated heterocycles. The minimum absolute atomic E-state index is 0.519. The molecule has 122 valence electrons. The molecular weight excluding hydrogens is 298 g/mol. The fraction of sp³-hybridized carbons (Fsp3) is 0.211. The molecule has 0 aliphatic rings. The van der Waals surface area contributed by atoms with Crippen molar-refractivity contribution in [3.63, 3.8) is 0 Å². The number of anilines is 2. The highest BCUT2D eigenvalue weighted by Gasteiger charge is 2.01. The smallest absolute Gasteiger partial charge is 0.244 e. The first-order valence-electron chi connectivity index (χ1n) is 7.97. The lowest BCUT2D eigenvalue weighted by atomic mass is 10.1. The Morgan fingerprint density at radius 2 is 1.62 bits per heavy atom.